The second-order valence-corrected chi connectivity index (χ2v) is 14.3. The second-order valence-electron chi connectivity index (χ2n) is 13.1. The second kappa shape index (κ2) is 13.5. The number of methoxy groups -OCH3 is 1. The fraction of sp³-hybridized carbons (Fsp3) is 0.342. The Morgan fingerprint density at radius 1 is 1.00 bits per heavy atom. The summed E-state index contributed by atoms with van der Waals surface area (Å²) >= 11 is 1.55. The Labute approximate surface area is 274 Å². The molecule has 6 rings (SSSR count). The Balaban J connectivity index is 1.25. The number of benzene rings is 2. The zero-order chi connectivity index (χ0) is 32.3. The molecule has 0 spiro atoms. The van der Waals surface area contributed by atoms with Gasteiger partial charge in [-0.3, -0.25) is 4.79 Å². The first-order valence-electron chi connectivity index (χ1n) is 15.9. The Bertz CT molecular complexity index is 1810. The minimum Gasteiger partial charge on any atom is -0.472 e. The number of fused-ring (bicyclic) bond motifs is 1. The molecular weight excluding hydrogens is 596 g/mol. The van der Waals surface area contributed by atoms with E-state index in [4.69, 9.17) is 18.9 Å². The normalized spacial score (nSPS) is 14.3. The molecule has 7 nitrogen and oxygen atoms in total. The zero-order valence-corrected chi connectivity index (χ0v) is 27.6. The zero-order valence-electron chi connectivity index (χ0n) is 26.8. The molecule has 3 heterocycles. The standard InChI is InChI=1S/C38H40N2O5S/c1-38(2,3)27-10-13-28(14-11-27)45-29-12-9-25-20-33(39-32(31(25)21-29)19-24-7-5-6-8-24)36(41)40-34(37(42)43-4)22-30-15-16-35(46-30)26-17-18-44-23-26/h9-18,20-21,23-24,34H,5-8,19,22H2,1-4H3,(H,40,41)/t34-/m0/s1. The summed E-state index contributed by atoms with van der Waals surface area (Å²) in [6.45, 7) is 6.58. The van der Waals surface area contributed by atoms with Crippen LogP contribution in [0.4, 0.5) is 0 Å². The van der Waals surface area contributed by atoms with Gasteiger partial charge in [0.1, 0.15) is 23.2 Å². The number of carbonyl (C=O) groups is 2. The van der Waals surface area contributed by atoms with E-state index in [-0.39, 0.29) is 11.1 Å². The molecule has 1 aliphatic carbocycles. The highest BCUT2D eigenvalue weighted by Crippen LogP contribution is 2.34. The monoisotopic (exact) mass is 636 g/mol. The number of amides is 1. The van der Waals surface area contributed by atoms with Crippen molar-refractivity contribution in [3.05, 3.63) is 101 Å². The molecule has 1 atom stereocenters. The van der Waals surface area contributed by atoms with Crippen LogP contribution in [0.5, 0.6) is 11.5 Å². The number of furan rings is 1. The lowest BCUT2D eigenvalue weighted by molar-refractivity contribution is -0.142. The summed E-state index contributed by atoms with van der Waals surface area (Å²) in [5.74, 6) is 1.10. The van der Waals surface area contributed by atoms with Crippen LogP contribution in [0.25, 0.3) is 21.2 Å². The molecule has 238 valence electrons. The summed E-state index contributed by atoms with van der Waals surface area (Å²) in [5.41, 5.74) is 3.44. The maximum Gasteiger partial charge on any atom is 0.328 e. The Hall–Kier alpha value is -4.43. The quantitative estimate of drug-likeness (QED) is 0.154. The summed E-state index contributed by atoms with van der Waals surface area (Å²) in [6.07, 6.45) is 9.14. The highest BCUT2D eigenvalue weighted by Gasteiger charge is 2.26. The number of hydrogen-bond donors (Lipinski definition) is 1. The Morgan fingerprint density at radius 3 is 2.46 bits per heavy atom. The maximum atomic E-state index is 13.7. The molecule has 46 heavy (non-hydrogen) atoms. The SMILES string of the molecule is COC(=O)[C@H](Cc1ccc(-c2ccoc2)s1)NC(=O)c1cc2ccc(Oc3ccc(C(C)(C)C)cc3)cc2c(CC2CCCC2)n1. The summed E-state index contributed by atoms with van der Waals surface area (Å²) in [7, 11) is 1.33. The number of aromatic nitrogens is 1. The van der Waals surface area contributed by atoms with Gasteiger partial charge < -0.3 is 19.2 Å². The van der Waals surface area contributed by atoms with Crippen LogP contribution < -0.4 is 10.1 Å². The lowest BCUT2D eigenvalue weighted by atomic mass is 9.87. The molecule has 0 radical (unpaired) electrons. The molecule has 1 saturated carbocycles. The summed E-state index contributed by atoms with van der Waals surface area (Å²) in [6, 6.07) is 20.9. The molecule has 8 heteroatoms. The number of carbonyl (C=O) groups excluding carboxylic acids is 2. The molecule has 3 aromatic heterocycles. The van der Waals surface area contributed by atoms with Crippen molar-refractivity contribution in [2.75, 3.05) is 7.11 Å². The van der Waals surface area contributed by atoms with Gasteiger partial charge in [0.15, 0.2) is 0 Å². The van der Waals surface area contributed by atoms with Crippen LogP contribution in [0.1, 0.15) is 73.1 Å². The van der Waals surface area contributed by atoms with Gasteiger partial charge in [0.05, 0.1) is 19.6 Å². The van der Waals surface area contributed by atoms with Crippen molar-refractivity contribution in [3.8, 4) is 21.9 Å². The summed E-state index contributed by atoms with van der Waals surface area (Å²) in [5, 5.41) is 4.79. The predicted octanol–water partition coefficient (Wildman–Crippen LogP) is 8.89. The lowest BCUT2D eigenvalue weighted by Crippen LogP contribution is -2.43. The number of nitrogens with one attached hydrogen (secondary N) is 1. The highest BCUT2D eigenvalue weighted by atomic mass is 32.1. The van der Waals surface area contributed by atoms with E-state index in [1.807, 2.05) is 48.5 Å². The van der Waals surface area contributed by atoms with E-state index in [2.05, 4.69) is 38.2 Å². The first-order valence-corrected chi connectivity index (χ1v) is 16.7. The smallest absolute Gasteiger partial charge is 0.328 e. The molecular formula is C38H40N2O5S. The molecule has 0 bridgehead atoms. The van der Waals surface area contributed by atoms with Crippen LogP contribution in [-0.2, 0) is 27.8 Å². The van der Waals surface area contributed by atoms with Gasteiger partial charge in [0, 0.05) is 32.8 Å². The number of pyridine rings is 1. The lowest BCUT2D eigenvalue weighted by Gasteiger charge is -2.19. The van der Waals surface area contributed by atoms with E-state index in [1.54, 1.807) is 29.9 Å². The molecule has 1 N–H and O–H groups in total. The van der Waals surface area contributed by atoms with E-state index >= 15 is 0 Å². The third kappa shape index (κ3) is 7.34. The largest absolute Gasteiger partial charge is 0.472 e. The minimum absolute atomic E-state index is 0.0668. The van der Waals surface area contributed by atoms with Crippen molar-refractivity contribution in [2.45, 2.75) is 70.8 Å². The van der Waals surface area contributed by atoms with Crippen LogP contribution in [0, 0.1) is 5.92 Å². The number of hydrogen-bond acceptors (Lipinski definition) is 7. The van der Waals surface area contributed by atoms with Crippen LogP contribution in [0.15, 0.2) is 83.7 Å². The van der Waals surface area contributed by atoms with Crippen molar-refractivity contribution >= 4 is 34.0 Å². The fourth-order valence-corrected chi connectivity index (χ4v) is 7.13. The molecule has 0 aliphatic heterocycles. The van der Waals surface area contributed by atoms with Crippen molar-refractivity contribution in [1.82, 2.24) is 10.3 Å². The number of rotatable bonds is 10. The van der Waals surface area contributed by atoms with Gasteiger partial charge in [-0.05, 0) is 77.2 Å². The predicted molar refractivity (Wildman–Crippen MR) is 182 cm³/mol. The van der Waals surface area contributed by atoms with Crippen molar-refractivity contribution in [1.29, 1.82) is 0 Å². The van der Waals surface area contributed by atoms with E-state index in [9.17, 15) is 9.59 Å². The summed E-state index contributed by atoms with van der Waals surface area (Å²) < 4.78 is 16.5. The van der Waals surface area contributed by atoms with Crippen molar-refractivity contribution in [2.24, 2.45) is 5.92 Å². The third-order valence-corrected chi connectivity index (χ3v) is 9.85. The summed E-state index contributed by atoms with van der Waals surface area (Å²) in [4.78, 5) is 33.4. The van der Waals surface area contributed by atoms with Gasteiger partial charge in [0.25, 0.3) is 5.91 Å². The molecule has 1 amide bonds. The van der Waals surface area contributed by atoms with Crippen molar-refractivity contribution in [3.63, 3.8) is 0 Å². The topological polar surface area (TPSA) is 90.7 Å². The van der Waals surface area contributed by atoms with Gasteiger partial charge in [-0.25, -0.2) is 9.78 Å². The first kappa shape index (κ1) is 31.5. The molecule has 1 fully saturated rings. The van der Waals surface area contributed by atoms with E-state index in [0.29, 0.717) is 12.3 Å². The molecule has 0 unspecified atom stereocenters. The minimum atomic E-state index is -0.857. The van der Waals surface area contributed by atoms with Gasteiger partial charge >= 0.3 is 5.97 Å². The number of thiophene rings is 1. The molecule has 0 saturated heterocycles. The first-order chi connectivity index (χ1) is 22.2. The Morgan fingerprint density at radius 2 is 1.76 bits per heavy atom. The van der Waals surface area contributed by atoms with Crippen LogP contribution >= 0.6 is 11.3 Å². The van der Waals surface area contributed by atoms with Gasteiger partial charge in [-0.1, -0.05) is 64.7 Å². The van der Waals surface area contributed by atoms with Gasteiger partial charge in [-0.2, -0.15) is 0 Å². The van der Waals surface area contributed by atoms with E-state index < -0.39 is 17.9 Å². The molecule has 1 aliphatic rings. The molecule has 5 aromatic rings. The highest BCUT2D eigenvalue weighted by molar-refractivity contribution is 7.15. The van der Waals surface area contributed by atoms with Gasteiger partial charge in [-0.15, -0.1) is 11.3 Å². The van der Waals surface area contributed by atoms with E-state index in [1.165, 1.54) is 25.5 Å². The van der Waals surface area contributed by atoms with Crippen LogP contribution in [0.2, 0.25) is 0 Å². The van der Waals surface area contributed by atoms with Crippen LogP contribution in [-0.4, -0.2) is 30.0 Å². The third-order valence-electron chi connectivity index (χ3n) is 8.69. The molecule has 2 aromatic carbocycles. The fourth-order valence-electron chi connectivity index (χ4n) is 6.10. The maximum absolute atomic E-state index is 13.7. The average molecular weight is 637 g/mol. The number of ether oxygens (including phenoxy) is 2. The average Bonchev–Trinajstić information content (AvgIpc) is 3.84. The van der Waals surface area contributed by atoms with Gasteiger partial charge in [0.2, 0.25) is 0 Å². The van der Waals surface area contributed by atoms with E-state index in [0.717, 1.165) is 62.5 Å². The number of nitrogens with zero attached hydrogens (tertiary/aromatic N) is 1. The van der Waals surface area contributed by atoms with Crippen LogP contribution in [0.3, 0.4) is 0 Å². The Kier molecular flexibility index (Phi) is 9.27. The number of esters is 1. The van der Waals surface area contributed by atoms with Crippen molar-refractivity contribution < 1.29 is 23.5 Å².